The monoisotopic (exact) mass is 341 g/mol. The highest BCUT2D eigenvalue weighted by atomic mass is 16.5. The molecule has 5 heteroatoms. The maximum Gasteiger partial charge on any atom is 0.265 e. The fourth-order valence-electron chi connectivity index (χ4n) is 2.60. The summed E-state index contributed by atoms with van der Waals surface area (Å²) in [5.74, 6) is 1.24. The van der Waals surface area contributed by atoms with E-state index in [1.54, 1.807) is 6.92 Å². The molecule has 0 aromatic heterocycles. The zero-order chi connectivity index (χ0) is 17.5. The van der Waals surface area contributed by atoms with Gasteiger partial charge in [0.2, 0.25) is 0 Å². The van der Waals surface area contributed by atoms with Crippen LogP contribution >= 0.6 is 0 Å². The van der Waals surface area contributed by atoms with E-state index >= 15 is 0 Å². The van der Waals surface area contributed by atoms with Gasteiger partial charge in [-0.3, -0.25) is 4.79 Å². The quantitative estimate of drug-likeness (QED) is 0.835. The molecule has 1 heterocycles. The van der Waals surface area contributed by atoms with Crippen molar-refractivity contribution in [2.75, 3.05) is 18.5 Å². The molecule has 25 heavy (non-hydrogen) atoms. The first-order valence-electron chi connectivity index (χ1n) is 8.58. The Kier molecular flexibility index (Phi) is 5.90. The summed E-state index contributed by atoms with van der Waals surface area (Å²) in [5.41, 5.74) is 0.706. The number of para-hydroxylation sites is 1. The van der Waals surface area contributed by atoms with Crippen LogP contribution in [0.25, 0.3) is 0 Å². The van der Waals surface area contributed by atoms with Crippen LogP contribution in [0.4, 0.5) is 5.69 Å². The Morgan fingerprint density at radius 1 is 1.16 bits per heavy atom. The highest BCUT2D eigenvalue weighted by Crippen LogP contribution is 2.19. The molecule has 1 aliphatic rings. The number of rotatable bonds is 7. The van der Waals surface area contributed by atoms with Gasteiger partial charge in [-0.05, 0) is 56.2 Å². The normalized spacial score (nSPS) is 17.7. The molecule has 2 aromatic carbocycles. The minimum atomic E-state index is -0.585. The Labute approximate surface area is 147 Å². The van der Waals surface area contributed by atoms with Gasteiger partial charge in [0, 0.05) is 12.3 Å². The van der Waals surface area contributed by atoms with Crippen LogP contribution in [0.15, 0.2) is 54.6 Å². The number of hydrogen-bond acceptors (Lipinski definition) is 4. The van der Waals surface area contributed by atoms with E-state index in [0.29, 0.717) is 18.0 Å². The van der Waals surface area contributed by atoms with E-state index in [2.05, 4.69) is 5.32 Å². The summed E-state index contributed by atoms with van der Waals surface area (Å²) in [6.45, 7) is 3.11. The summed E-state index contributed by atoms with van der Waals surface area (Å²) in [5, 5.41) is 2.84. The SMILES string of the molecule is CC(Oc1ccccc1)C(=O)Nc1ccc(OCC2CCCO2)cc1. The van der Waals surface area contributed by atoms with Crippen molar-refractivity contribution >= 4 is 11.6 Å². The number of amides is 1. The van der Waals surface area contributed by atoms with Crippen LogP contribution in [0.2, 0.25) is 0 Å². The van der Waals surface area contributed by atoms with Crippen molar-refractivity contribution in [3.63, 3.8) is 0 Å². The number of nitrogens with one attached hydrogen (secondary N) is 1. The first-order valence-corrected chi connectivity index (χ1v) is 8.58. The van der Waals surface area contributed by atoms with Crippen LogP contribution in [0.1, 0.15) is 19.8 Å². The Morgan fingerprint density at radius 3 is 2.60 bits per heavy atom. The van der Waals surface area contributed by atoms with E-state index in [9.17, 15) is 4.79 Å². The lowest BCUT2D eigenvalue weighted by molar-refractivity contribution is -0.122. The second-order valence-corrected chi connectivity index (χ2v) is 6.03. The van der Waals surface area contributed by atoms with E-state index in [4.69, 9.17) is 14.2 Å². The summed E-state index contributed by atoms with van der Waals surface area (Å²) in [7, 11) is 0. The lowest BCUT2D eigenvalue weighted by atomic mass is 10.2. The smallest absolute Gasteiger partial charge is 0.265 e. The average Bonchev–Trinajstić information content (AvgIpc) is 3.15. The van der Waals surface area contributed by atoms with Crippen molar-refractivity contribution in [3.8, 4) is 11.5 Å². The molecule has 132 valence electrons. The van der Waals surface area contributed by atoms with Crippen molar-refractivity contribution in [3.05, 3.63) is 54.6 Å². The first kappa shape index (κ1) is 17.3. The zero-order valence-corrected chi connectivity index (χ0v) is 14.3. The summed E-state index contributed by atoms with van der Waals surface area (Å²) >= 11 is 0. The number of ether oxygens (including phenoxy) is 3. The van der Waals surface area contributed by atoms with Gasteiger partial charge in [0.05, 0.1) is 6.10 Å². The van der Waals surface area contributed by atoms with Crippen molar-refractivity contribution in [2.45, 2.75) is 32.0 Å². The van der Waals surface area contributed by atoms with Gasteiger partial charge in [-0.1, -0.05) is 18.2 Å². The van der Waals surface area contributed by atoms with Crippen LogP contribution in [0, 0.1) is 0 Å². The molecule has 1 N–H and O–H groups in total. The van der Waals surface area contributed by atoms with Crippen LogP contribution < -0.4 is 14.8 Å². The molecule has 1 amide bonds. The molecule has 0 aliphatic carbocycles. The van der Waals surface area contributed by atoms with E-state index in [0.717, 1.165) is 25.2 Å². The molecule has 0 radical (unpaired) electrons. The van der Waals surface area contributed by atoms with E-state index in [1.807, 2.05) is 54.6 Å². The molecule has 0 saturated carbocycles. The Morgan fingerprint density at radius 2 is 1.92 bits per heavy atom. The average molecular weight is 341 g/mol. The minimum Gasteiger partial charge on any atom is -0.491 e. The third-order valence-electron chi connectivity index (χ3n) is 4.01. The van der Waals surface area contributed by atoms with Gasteiger partial charge in [-0.2, -0.15) is 0 Å². The standard InChI is InChI=1S/C20H23NO4/c1-15(25-18-6-3-2-4-7-18)20(22)21-16-9-11-17(12-10-16)24-14-19-8-5-13-23-19/h2-4,6-7,9-12,15,19H,5,8,13-14H2,1H3,(H,21,22). The maximum absolute atomic E-state index is 12.2. The van der Waals surface area contributed by atoms with Crippen LogP contribution in [-0.2, 0) is 9.53 Å². The van der Waals surface area contributed by atoms with Crippen molar-refractivity contribution in [1.82, 2.24) is 0 Å². The summed E-state index contributed by atoms with van der Waals surface area (Å²) in [6, 6.07) is 16.6. The number of carbonyl (C=O) groups excluding carboxylic acids is 1. The van der Waals surface area contributed by atoms with Crippen molar-refractivity contribution in [1.29, 1.82) is 0 Å². The predicted octanol–water partition coefficient (Wildman–Crippen LogP) is 3.65. The Bertz CT molecular complexity index is 666. The summed E-state index contributed by atoms with van der Waals surface area (Å²) < 4.78 is 16.9. The predicted molar refractivity (Wildman–Crippen MR) is 96.1 cm³/mol. The lowest BCUT2D eigenvalue weighted by Gasteiger charge is -2.15. The molecule has 5 nitrogen and oxygen atoms in total. The number of anilines is 1. The Balaban J connectivity index is 1.47. The lowest BCUT2D eigenvalue weighted by Crippen LogP contribution is -2.30. The second kappa shape index (κ2) is 8.53. The zero-order valence-electron chi connectivity index (χ0n) is 14.3. The molecule has 2 unspecified atom stereocenters. The van der Waals surface area contributed by atoms with Gasteiger partial charge in [-0.25, -0.2) is 0 Å². The topological polar surface area (TPSA) is 56.8 Å². The third-order valence-corrected chi connectivity index (χ3v) is 4.01. The fourth-order valence-corrected chi connectivity index (χ4v) is 2.60. The molecule has 0 bridgehead atoms. The molecule has 2 atom stereocenters. The highest BCUT2D eigenvalue weighted by Gasteiger charge is 2.16. The van der Waals surface area contributed by atoms with Gasteiger partial charge in [0.25, 0.3) is 5.91 Å². The van der Waals surface area contributed by atoms with E-state index in [1.165, 1.54) is 0 Å². The molecule has 3 rings (SSSR count). The van der Waals surface area contributed by atoms with Crippen LogP contribution in [0.5, 0.6) is 11.5 Å². The molecule has 1 fully saturated rings. The largest absolute Gasteiger partial charge is 0.491 e. The molecular weight excluding hydrogens is 318 g/mol. The first-order chi connectivity index (χ1) is 12.2. The van der Waals surface area contributed by atoms with E-state index < -0.39 is 6.10 Å². The third kappa shape index (κ3) is 5.22. The van der Waals surface area contributed by atoms with Crippen molar-refractivity contribution < 1.29 is 19.0 Å². The number of benzene rings is 2. The van der Waals surface area contributed by atoms with Gasteiger partial charge < -0.3 is 19.5 Å². The van der Waals surface area contributed by atoms with Gasteiger partial charge in [-0.15, -0.1) is 0 Å². The fraction of sp³-hybridized carbons (Fsp3) is 0.350. The summed E-state index contributed by atoms with van der Waals surface area (Å²) in [4.78, 5) is 12.2. The molecule has 1 aliphatic heterocycles. The molecule has 1 saturated heterocycles. The van der Waals surface area contributed by atoms with Gasteiger partial charge >= 0.3 is 0 Å². The van der Waals surface area contributed by atoms with Crippen molar-refractivity contribution in [2.24, 2.45) is 0 Å². The number of hydrogen-bond donors (Lipinski definition) is 1. The van der Waals surface area contributed by atoms with Crippen LogP contribution in [-0.4, -0.2) is 31.3 Å². The maximum atomic E-state index is 12.2. The van der Waals surface area contributed by atoms with Gasteiger partial charge in [0.15, 0.2) is 6.10 Å². The van der Waals surface area contributed by atoms with E-state index in [-0.39, 0.29) is 12.0 Å². The molecular formula is C20H23NO4. The molecule has 0 spiro atoms. The molecule has 2 aromatic rings. The minimum absolute atomic E-state index is 0.190. The highest BCUT2D eigenvalue weighted by molar-refractivity contribution is 5.94. The van der Waals surface area contributed by atoms with Crippen LogP contribution in [0.3, 0.4) is 0 Å². The Hall–Kier alpha value is -2.53. The summed E-state index contributed by atoms with van der Waals surface area (Å²) in [6.07, 6.45) is 1.75. The van der Waals surface area contributed by atoms with Gasteiger partial charge in [0.1, 0.15) is 18.1 Å². The second-order valence-electron chi connectivity index (χ2n) is 6.03. The number of carbonyl (C=O) groups is 1.